The monoisotopic (exact) mass is 236 g/mol. The van der Waals surface area contributed by atoms with Gasteiger partial charge in [0.15, 0.2) is 0 Å². The summed E-state index contributed by atoms with van der Waals surface area (Å²) in [4.78, 5) is 9.76. The summed E-state index contributed by atoms with van der Waals surface area (Å²) in [6.45, 7) is 6.12. The second-order valence-electron chi connectivity index (χ2n) is 4.83. The Balaban J connectivity index is 0.000000202. The molecular weight excluding hydrogens is 216 g/mol. The minimum atomic E-state index is -0.630. The highest BCUT2D eigenvalue weighted by atomic mass is 16.4. The number of hydrogen-bond acceptors (Lipinski definition) is 2. The van der Waals surface area contributed by atoms with Crippen LogP contribution in [0.4, 0.5) is 0 Å². The Bertz CT molecular complexity index is 392. The van der Waals surface area contributed by atoms with E-state index in [2.05, 4.69) is 13.8 Å². The molecule has 1 saturated carbocycles. The third kappa shape index (κ3) is 4.47. The van der Waals surface area contributed by atoms with E-state index in [1.165, 1.54) is 0 Å². The standard InChI is InChI=1S/C10H14O.C4H6O2/c1-7(2)9-5-4-8(3)6-10(9)11;5-4(6)3-1-2-3/h4-7,11H,1-3H3;3H,1-2H2,(H,5,6). The van der Waals surface area contributed by atoms with Gasteiger partial charge in [-0.15, -0.1) is 0 Å². The van der Waals surface area contributed by atoms with E-state index in [-0.39, 0.29) is 5.92 Å². The number of aryl methyl sites for hydroxylation is 1. The third-order valence-corrected chi connectivity index (χ3v) is 2.73. The third-order valence-electron chi connectivity index (χ3n) is 2.73. The fraction of sp³-hybridized carbons (Fsp3) is 0.500. The number of benzene rings is 1. The van der Waals surface area contributed by atoms with E-state index in [1.54, 1.807) is 6.07 Å². The summed E-state index contributed by atoms with van der Waals surface area (Å²) in [7, 11) is 0. The summed E-state index contributed by atoms with van der Waals surface area (Å²) in [5.41, 5.74) is 2.13. The molecule has 0 aliphatic heterocycles. The second kappa shape index (κ2) is 5.71. The first-order chi connectivity index (χ1) is 7.91. The molecule has 0 aromatic heterocycles. The Hall–Kier alpha value is -1.51. The lowest BCUT2D eigenvalue weighted by molar-refractivity contribution is -0.138. The molecule has 0 saturated heterocycles. The van der Waals surface area contributed by atoms with Crippen molar-refractivity contribution in [1.29, 1.82) is 0 Å². The van der Waals surface area contributed by atoms with Crippen LogP contribution >= 0.6 is 0 Å². The number of rotatable bonds is 2. The number of hydrogen-bond donors (Lipinski definition) is 2. The van der Waals surface area contributed by atoms with Crippen molar-refractivity contribution in [3.8, 4) is 5.75 Å². The Labute approximate surface area is 102 Å². The molecule has 3 nitrogen and oxygen atoms in total. The number of phenolic OH excluding ortho intramolecular Hbond substituents is 1. The molecule has 0 radical (unpaired) electrons. The molecule has 0 heterocycles. The molecule has 2 N–H and O–H groups in total. The van der Waals surface area contributed by atoms with Crippen LogP contribution in [0, 0.1) is 12.8 Å². The van der Waals surface area contributed by atoms with Gasteiger partial charge in [0.1, 0.15) is 5.75 Å². The van der Waals surface area contributed by atoms with Gasteiger partial charge >= 0.3 is 5.97 Å². The topological polar surface area (TPSA) is 57.5 Å². The maximum absolute atomic E-state index is 9.76. The van der Waals surface area contributed by atoms with E-state index in [9.17, 15) is 9.90 Å². The van der Waals surface area contributed by atoms with Gasteiger partial charge in [-0.2, -0.15) is 0 Å². The fourth-order valence-electron chi connectivity index (χ4n) is 1.47. The van der Waals surface area contributed by atoms with Gasteiger partial charge in [-0.05, 0) is 42.9 Å². The lowest BCUT2D eigenvalue weighted by Crippen LogP contribution is -1.94. The van der Waals surface area contributed by atoms with Crippen molar-refractivity contribution in [2.24, 2.45) is 5.92 Å². The van der Waals surface area contributed by atoms with Gasteiger partial charge in [-0.1, -0.05) is 26.0 Å². The highest BCUT2D eigenvalue weighted by molar-refractivity contribution is 5.72. The minimum Gasteiger partial charge on any atom is -0.508 e. The highest BCUT2D eigenvalue weighted by Gasteiger charge is 2.28. The van der Waals surface area contributed by atoms with Crippen molar-refractivity contribution < 1.29 is 15.0 Å². The normalized spacial score (nSPS) is 14.1. The van der Waals surface area contributed by atoms with Crippen LogP contribution < -0.4 is 0 Å². The maximum atomic E-state index is 9.76. The molecule has 0 unspecified atom stereocenters. The predicted molar refractivity (Wildman–Crippen MR) is 67.3 cm³/mol. The lowest BCUT2D eigenvalue weighted by atomic mass is 10.0. The predicted octanol–water partition coefficient (Wildman–Crippen LogP) is 3.31. The van der Waals surface area contributed by atoms with Gasteiger partial charge < -0.3 is 10.2 Å². The first kappa shape index (κ1) is 13.6. The number of carbonyl (C=O) groups is 1. The van der Waals surface area contributed by atoms with Crippen LogP contribution in [0.2, 0.25) is 0 Å². The van der Waals surface area contributed by atoms with Gasteiger partial charge in [0.05, 0.1) is 5.92 Å². The Morgan fingerprint density at radius 1 is 1.35 bits per heavy atom. The molecule has 17 heavy (non-hydrogen) atoms. The lowest BCUT2D eigenvalue weighted by Gasteiger charge is -2.07. The summed E-state index contributed by atoms with van der Waals surface area (Å²) in [6.07, 6.45) is 1.80. The zero-order valence-corrected chi connectivity index (χ0v) is 10.6. The van der Waals surface area contributed by atoms with E-state index >= 15 is 0 Å². The molecule has 1 aliphatic rings. The van der Waals surface area contributed by atoms with Gasteiger partial charge in [-0.25, -0.2) is 0 Å². The molecule has 0 amide bonds. The number of carboxylic acids is 1. The molecule has 1 fully saturated rings. The first-order valence-electron chi connectivity index (χ1n) is 5.94. The van der Waals surface area contributed by atoms with E-state index in [0.29, 0.717) is 11.7 Å². The summed E-state index contributed by atoms with van der Waals surface area (Å²) in [5.74, 6) is 0.204. The van der Waals surface area contributed by atoms with Crippen LogP contribution in [0.1, 0.15) is 43.7 Å². The second-order valence-corrected chi connectivity index (χ2v) is 4.83. The van der Waals surface area contributed by atoms with Gasteiger partial charge in [0.25, 0.3) is 0 Å². The number of carboxylic acid groups (broad SMARTS) is 1. The molecule has 1 aromatic carbocycles. The smallest absolute Gasteiger partial charge is 0.306 e. The van der Waals surface area contributed by atoms with Crippen molar-refractivity contribution in [2.45, 2.75) is 39.5 Å². The zero-order chi connectivity index (χ0) is 13.0. The van der Waals surface area contributed by atoms with Crippen LogP contribution in [-0.2, 0) is 4.79 Å². The van der Waals surface area contributed by atoms with E-state index in [1.807, 2.05) is 19.1 Å². The molecule has 0 atom stereocenters. The molecule has 94 valence electrons. The van der Waals surface area contributed by atoms with Crippen molar-refractivity contribution in [3.63, 3.8) is 0 Å². The molecule has 1 aliphatic carbocycles. The van der Waals surface area contributed by atoms with Gasteiger partial charge in [-0.3, -0.25) is 4.79 Å². The maximum Gasteiger partial charge on any atom is 0.306 e. The largest absolute Gasteiger partial charge is 0.508 e. The number of aliphatic carboxylic acids is 1. The molecule has 1 aromatic rings. The molecule has 0 bridgehead atoms. The van der Waals surface area contributed by atoms with Crippen LogP contribution in [-0.4, -0.2) is 16.2 Å². The van der Waals surface area contributed by atoms with E-state index in [4.69, 9.17) is 5.11 Å². The summed E-state index contributed by atoms with van der Waals surface area (Å²) >= 11 is 0. The van der Waals surface area contributed by atoms with Crippen molar-refractivity contribution in [1.82, 2.24) is 0 Å². The zero-order valence-electron chi connectivity index (χ0n) is 10.6. The van der Waals surface area contributed by atoms with Gasteiger partial charge in [0.2, 0.25) is 0 Å². The summed E-state index contributed by atoms with van der Waals surface area (Å²) in [5, 5.41) is 17.5. The average Bonchev–Trinajstić information content (AvgIpc) is 3.00. The quantitative estimate of drug-likeness (QED) is 0.828. The molecular formula is C14H20O3. The van der Waals surface area contributed by atoms with Crippen LogP contribution in [0.3, 0.4) is 0 Å². The molecule has 2 rings (SSSR count). The average molecular weight is 236 g/mol. The summed E-state index contributed by atoms with van der Waals surface area (Å²) in [6, 6.07) is 5.81. The first-order valence-corrected chi connectivity index (χ1v) is 5.94. The highest BCUT2D eigenvalue weighted by Crippen LogP contribution is 2.28. The van der Waals surface area contributed by atoms with Crippen molar-refractivity contribution in [2.75, 3.05) is 0 Å². The van der Waals surface area contributed by atoms with Crippen molar-refractivity contribution in [3.05, 3.63) is 29.3 Å². The Morgan fingerprint density at radius 3 is 2.24 bits per heavy atom. The van der Waals surface area contributed by atoms with Crippen LogP contribution in [0.15, 0.2) is 18.2 Å². The van der Waals surface area contributed by atoms with E-state index in [0.717, 1.165) is 24.0 Å². The number of phenols is 1. The Morgan fingerprint density at radius 2 is 1.94 bits per heavy atom. The minimum absolute atomic E-state index is 0.0185. The van der Waals surface area contributed by atoms with Gasteiger partial charge in [0, 0.05) is 0 Å². The fourth-order valence-corrected chi connectivity index (χ4v) is 1.47. The van der Waals surface area contributed by atoms with E-state index < -0.39 is 5.97 Å². The van der Waals surface area contributed by atoms with Crippen LogP contribution in [0.5, 0.6) is 5.75 Å². The SMILES string of the molecule is Cc1ccc(C(C)C)c(O)c1.O=C(O)C1CC1. The van der Waals surface area contributed by atoms with Crippen molar-refractivity contribution >= 4 is 5.97 Å². The Kier molecular flexibility index (Phi) is 4.55. The van der Waals surface area contributed by atoms with Crippen LogP contribution in [0.25, 0.3) is 0 Å². The summed E-state index contributed by atoms with van der Waals surface area (Å²) < 4.78 is 0. The molecule has 0 spiro atoms. The number of aromatic hydroxyl groups is 1. The molecule has 3 heteroatoms.